The highest BCUT2D eigenvalue weighted by atomic mass is 16.6. The van der Waals surface area contributed by atoms with Crippen molar-refractivity contribution < 1.29 is 9.66 Å². The van der Waals surface area contributed by atoms with E-state index in [1.54, 1.807) is 0 Å². The average Bonchev–Trinajstić information content (AvgIpc) is 2.64. The number of nitrogen functional groups attached to an aromatic ring is 1. The van der Waals surface area contributed by atoms with Crippen molar-refractivity contribution in [1.29, 1.82) is 0 Å². The summed E-state index contributed by atoms with van der Waals surface area (Å²) < 4.78 is 5.32. The fraction of sp³-hybridized carbons (Fsp3) is 0.412. The summed E-state index contributed by atoms with van der Waals surface area (Å²) in [6, 6.07) is 7.45. The molecule has 10 heteroatoms. The standard InChI is InChI=1S/C17H23N7O3/c1-12-2-4-13(5-3-12)20-16-14(24(25)26)15(18)21-17(22-16)19-6-7-23-8-10-27-11-9-23/h2-5H,6-11H2,1H3,(H4,18,19,20,21,22). The Morgan fingerprint density at radius 3 is 2.63 bits per heavy atom. The SMILES string of the molecule is Cc1ccc(Nc2nc(NCCN3CCOCC3)nc(N)c2[N+](=O)[O-])cc1. The van der Waals surface area contributed by atoms with Crippen LogP contribution in [0.15, 0.2) is 24.3 Å². The molecule has 1 aromatic heterocycles. The third-order valence-corrected chi connectivity index (χ3v) is 4.22. The number of nitrogens with one attached hydrogen (secondary N) is 2. The summed E-state index contributed by atoms with van der Waals surface area (Å²) >= 11 is 0. The molecule has 1 aliphatic rings. The number of anilines is 4. The maximum Gasteiger partial charge on any atom is 0.353 e. The average molecular weight is 373 g/mol. The van der Waals surface area contributed by atoms with E-state index < -0.39 is 4.92 Å². The van der Waals surface area contributed by atoms with Crippen LogP contribution in [0.1, 0.15) is 5.56 Å². The second kappa shape index (κ2) is 8.60. The van der Waals surface area contributed by atoms with Gasteiger partial charge in [0.2, 0.25) is 17.6 Å². The van der Waals surface area contributed by atoms with Crippen LogP contribution in [-0.4, -0.2) is 59.2 Å². The quantitative estimate of drug-likeness (QED) is 0.490. The Bertz CT molecular complexity index is 792. The van der Waals surface area contributed by atoms with E-state index in [2.05, 4.69) is 25.5 Å². The minimum absolute atomic E-state index is 0.0604. The first kappa shape index (κ1) is 18.8. The number of hydrogen-bond acceptors (Lipinski definition) is 9. The Morgan fingerprint density at radius 1 is 1.26 bits per heavy atom. The zero-order valence-corrected chi connectivity index (χ0v) is 15.1. The molecule has 0 radical (unpaired) electrons. The van der Waals surface area contributed by atoms with Crippen LogP contribution in [0.25, 0.3) is 0 Å². The van der Waals surface area contributed by atoms with Crippen LogP contribution >= 0.6 is 0 Å². The van der Waals surface area contributed by atoms with E-state index in [-0.39, 0.29) is 23.3 Å². The van der Waals surface area contributed by atoms with Crippen LogP contribution in [0.2, 0.25) is 0 Å². The molecule has 144 valence electrons. The van der Waals surface area contributed by atoms with Crippen LogP contribution < -0.4 is 16.4 Å². The Balaban J connectivity index is 1.73. The molecule has 2 aromatic rings. The maximum atomic E-state index is 11.4. The van der Waals surface area contributed by atoms with Crippen LogP contribution in [0, 0.1) is 17.0 Å². The molecule has 2 heterocycles. The fourth-order valence-corrected chi connectivity index (χ4v) is 2.74. The van der Waals surface area contributed by atoms with Crippen LogP contribution in [0.4, 0.5) is 29.0 Å². The topological polar surface area (TPSA) is 131 Å². The second-order valence-corrected chi connectivity index (χ2v) is 6.26. The lowest BCUT2D eigenvalue weighted by molar-refractivity contribution is -0.383. The third-order valence-electron chi connectivity index (χ3n) is 4.22. The number of benzene rings is 1. The van der Waals surface area contributed by atoms with Crippen molar-refractivity contribution in [2.45, 2.75) is 6.92 Å². The molecule has 0 unspecified atom stereocenters. The van der Waals surface area contributed by atoms with Gasteiger partial charge in [-0.1, -0.05) is 17.7 Å². The predicted molar refractivity (Wildman–Crippen MR) is 103 cm³/mol. The van der Waals surface area contributed by atoms with Crippen LogP contribution in [0.5, 0.6) is 0 Å². The summed E-state index contributed by atoms with van der Waals surface area (Å²) in [5.41, 5.74) is 7.24. The molecule has 4 N–H and O–H groups in total. The zero-order valence-electron chi connectivity index (χ0n) is 15.1. The first-order valence-electron chi connectivity index (χ1n) is 8.72. The summed E-state index contributed by atoms with van der Waals surface area (Å²) in [7, 11) is 0. The molecule has 1 saturated heterocycles. The number of morpholine rings is 1. The van der Waals surface area contributed by atoms with E-state index in [0.717, 1.165) is 38.4 Å². The summed E-state index contributed by atoms with van der Waals surface area (Å²) in [6.07, 6.45) is 0. The van der Waals surface area contributed by atoms with Crippen molar-refractivity contribution in [2.75, 3.05) is 55.8 Å². The van der Waals surface area contributed by atoms with E-state index in [1.165, 1.54) is 0 Å². The van der Waals surface area contributed by atoms with E-state index in [9.17, 15) is 10.1 Å². The molecule has 1 fully saturated rings. The van der Waals surface area contributed by atoms with Gasteiger partial charge in [0.1, 0.15) is 0 Å². The molecule has 10 nitrogen and oxygen atoms in total. The molecule has 0 amide bonds. The minimum atomic E-state index is -0.580. The van der Waals surface area contributed by atoms with Gasteiger partial charge < -0.3 is 21.1 Å². The number of aryl methyl sites for hydroxylation is 1. The lowest BCUT2D eigenvalue weighted by Crippen LogP contribution is -2.39. The van der Waals surface area contributed by atoms with Gasteiger partial charge in [0.25, 0.3) is 0 Å². The molecule has 27 heavy (non-hydrogen) atoms. The number of nitrogens with two attached hydrogens (primary N) is 1. The van der Waals surface area contributed by atoms with Gasteiger partial charge >= 0.3 is 5.69 Å². The van der Waals surface area contributed by atoms with Crippen LogP contribution in [0.3, 0.4) is 0 Å². The number of ether oxygens (including phenoxy) is 1. The van der Waals surface area contributed by atoms with E-state index in [0.29, 0.717) is 12.2 Å². The lowest BCUT2D eigenvalue weighted by atomic mass is 10.2. The molecule has 0 saturated carbocycles. The van der Waals surface area contributed by atoms with Crippen molar-refractivity contribution in [1.82, 2.24) is 14.9 Å². The van der Waals surface area contributed by atoms with Crippen molar-refractivity contribution in [3.8, 4) is 0 Å². The highest BCUT2D eigenvalue weighted by molar-refractivity contribution is 5.74. The molecule has 0 aliphatic carbocycles. The van der Waals surface area contributed by atoms with Gasteiger partial charge in [-0.05, 0) is 19.1 Å². The molecule has 0 atom stereocenters. The number of nitro groups is 1. The third kappa shape index (κ3) is 5.02. The Labute approximate surface area is 156 Å². The van der Waals surface area contributed by atoms with Crippen molar-refractivity contribution in [3.63, 3.8) is 0 Å². The smallest absolute Gasteiger partial charge is 0.353 e. The Morgan fingerprint density at radius 2 is 1.96 bits per heavy atom. The van der Waals surface area contributed by atoms with Gasteiger partial charge in [0, 0.05) is 31.9 Å². The van der Waals surface area contributed by atoms with Gasteiger partial charge in [0.15, 0.2) is 0 Å². The van der Waals surface area contributed by atoms with Gasteiger partial charge in [-0.25, -0.2) is 0 Å². The minimum Gasteiger partial charge on any atom is -0.379 e. The fourth-order valence-electron chi connectivity index (χ4n) is 2.74. The lowest BCUT2D eigenvalue weighted by Gasteiger charge is -2.26. The molecule has 1 aliphatic heterocycles. The normalized spacial score (nSPS) is 14.7. The van der Waals surface area contributed by atoms with Crippen molar-refractivity contribution in [2.24, 2.45) is 0 Å². The molecule has 0 spiro atoms. The van der Waals surface area contributed by atoms with E-state index in [1.807, 2.05) is 31.2 Å². The molecular formula is C17H23N7O3. The second-order valence-electron chi connectivity index (χ2n) is 6.26. The first-order valence-corrected chi connectivity index (χ1v) is 8.72. The van der Waals surface area contributed by atoms with Gasteiger partial charge in [-0.2, -0.15) is 9.97 Å². The summed E-state index contributed by atoms with van der Waals surface area (Å²) in [4.78, 5) is 21.3. The summed E-state index contributed by atoms with van der Waals surface area (Å²) in [5, 5.41) is 17.4. The largest absolute Gasteiger partial charge is 0.379 e. The number of aromatic nitrogens is 2. The van der Waals surface area contributed by atoms with Gasteiger partial charge in [-0.3, -0.25) is 15.0 Å². The maximum absolute atomic E-state index is 11.4. The van der Waals surface area contributed by atoms with E-state index >= 15 is 0 Å². The molecular weight excluding hydrogens is 350 g/mol. The monoisotopic (exact) mass is 373 g/mol. The van der Waals surface area contributed by atoms with Crippen molar-refractivity contribution in [3.05, 3.63) is 39.9 Å². The predicted octanol–water partition coefficient (Wildman–Crippen LogP) is 1.76. The number of nitrogens with zero attached hydrogens (tertiary/aromatic N) is 4. The van der Waals surface area contributed by atoms with Gasteiger partial charge in [0.05, 0.1) is 18.1 Å². The first-order chi connectivity index (χ1) is 13.0. The number of hydrogen-bond donors (Lipinski definition) is 3. The van der Waals surface area contributed by atoms with Crippen LogP contribution in [-0.2, 0) is 4.74 Å². The van der Waals surface area contributed by atoms with E-state index in [4.69, 9.17) is 10.5 Å². The summed E-state index contributed by atoms with van der Waals surface area (Å²) in [6.45, 7) is 6.57. The molecule has 0 bridgehead atoms. The highest BCUT2D eigenvalue weighted by Crippen LogP contribution is 2.31. The highest BCUT2D eigenvalue weighted by Gasteiger charge is 2.23. The Kier molecular flexibility index (Phi) is 5.99. The molecule has 3 rings (SSSR count). The summed E-state index contributed by atoms with van der Waals surface area (Å²) in [5.74, 6) is 0.129. The van der Waals surface area contributed by atoms with Crippen molar-refractivity contribution >= 4 is 29.0 Å². The zero-order chi connectivity index (χ0) is 19.2. The molecule has 1 aromatic carbocycles. The Hall–Kier alpha value is -2.98. The number of rotatable bonds is 7. The van der Waals surface area contributed by atoms with Gasteiger partial charge in [-0.15, -0.1) is 0 Å².